The van der Waals surface area contributed by atoms with Crippen molar-refractivity contribution in [2.75, 3.05) is 24.3 Å². The topological polar surface area (TPSA) is 67.4 Å². The van der Waals surface area contributed by atoms with Crippen LogP contribution < -0.4 is 10.6 Å². The van der Waals surface area contributed by atoms with Crippen molar-refractivity contribution in [2.24, 2.45) is 0 Å². The highest BCUT2D eigenvalue weighted by molar-refractivity contribution is 6.02. The minimum absolute atomic E-state index is 0.0566. The average Bonchev–Trinajstić information content (AvgIpc) is 2.53. The highest BCUT2D eigenvalue weighted by Crippen LogP contribution is 2.16. The lowest BCUT2D eigenvalue weighted by Crippen LogP contribution is -2.23. The number of para-hydroxylation sites is 1. The summed E-state index contributed by atoms with van der Waals surface area (Å²) in [5.74, 6) is -1.28. The molecule has 2 rings (SSSR count). The van der Waals surface area contributed by atoms with Crippen LogP contribution >= 0.6 is 0 Å². The highest BCUT2D eigenvalue weighted by Gasteiger charge is 2.13. The average molecular weight is 302 g/mol. The third-order valence-electron chi connectivity index (χ3n) is 2.88. The minimum atomic E-state index is -0.533. The van der Waals surface area contributed by atoms with E-state index in [-0.39, 0.29) is 23.8 Å². The molecule has 22 heavy (non-hydrogen) atoms. The van der Waals surface area contributed by atoms with Gasteiger partial charge in [0.2, 0.25) is 5.91 Å². The van der Waals surface area contributed by atoms with E-state index in [1.807, 2.05) is 0 Å². The number of hydrogen-bond acceptors (Lipinski definition) is 4. The lowest BCUT2D eigenvalue weighted by molar-refractivity contribution is -0.114. The number of hydrogen-bond donors (Lipinski definition) is 2. The van der Waals surface area contributed by atoms with Crippen LogP contribution in [0, 0.1) is 5.82 Å². The third kappa shape index (κ3) is 4.05. The van der Waals surface area contributed by atoms with Gasteiger partial charge in [-0.05, 0) is 30.3 Å². The molecule has 0 aromatic heterocycles. The molecule has 2 N–H and O–H groups in total. The van der Waals surface area contributed by atoms with Crippen LogP contribution in [0.2, 0.25) is 0 Å². The van der Waals surface area contributed by atoms with Crippen LogP contribution in [0.5, 0.6) is 0 Å². The van der Waals surface area contributed by atoms with Crippen molar-refractivity contribution in [2.45, 2.75) is 0 Å². The van der Waals surface area contributed by atoms with Crippen molar-refractivity contribution >= 4 is 23.3 Å². The van der Waals surface area contributed by atoms with E-state index in [4.69, 9.17) is 0 Å². The molecule has 0 atom stereocenters. The summed E-state index contributed by atoms with van der Waals surface area (Å²) >= 11 is 0. The summed E-state index contributed by atoms with van der Waals surface area (Å²) in [6, 6.07) is 12.3. The molecule has 0 fully saturated rings. The number of methoxy groups -OCH3 is 1. The van der Waals surface area contributed by atoms with E-state index < -0.39 is 5.97 Å². The molecule has 6 heteroatoms. The Bertz CT molecular complexity index is 689. The number of anilines is 2. The minimum Gasteiger partial charge on any atom is -0.465 e. The van der Waals surface area contributed by atoms with Crippen LogP contribution in [-0.2, 0) is 9.53 Å². The van der Waals surface area contributed by atoms with Gasteiger partial charge in [-0.3, -0.25) is 4.79 Å². The van der Waals surface area contributed by atoms with Crippen molar-refractivity contribution in [1.29, 1.82) is 0 Å². The van der Waals surface area contributed by atoms with Crippen LogP contribution in [0.4, 0.5) is 15.8 Å². The summed E-state index contributed by atoms with van der Waals surface area (Å²) in [6.45, 7) is -0.0566. The van der Waals surface area contributed by atoms with Gasteiger partial charge in [0.25, 0.3) is 0 Å². The first-order chi connectivity index (χ1) is 10.6. The SMILES string of the molecule is COC(=O)c1ccccc1NC(=O)CNc1cccc(F)c1. The third-order valence-corrected chi connectivity index (χ3v) is 2.88. The first-order valence-electron chi connectivity index (χ1n) is 6.57. The summed E-state index contributed by atoms with van der Waals surface area (Å²) in [5.41, 5.74) is 1.13. The molecule has 0 aliphatic rings. The summed E-state index contributed by atoms with van der Waals surface area (Å²) in [7, 11) is 1.27. The Morgan fingerprint density at radius 3 is 2.64 bits per heavy atom. The van der Waals surface area contributed by atoms with Crippen LogP contribution in [0.3, 0.4) is 0 Å². The van der Waals surface area contributed by atoms with Gasteiger partial charge in [0.05, 0.1) is 24.9 Å². The number of ether oxygens (including phenoxy) is 1. The maximum atomic E-state index is 13.0. The van der Waals surface area contributed by atoms with Crippen molar-refractivity contribution in [3.63, 3.8) is 0 Å². The molecule has 0 radical (unpaired) electrons. The molecule has 0 saturated heterocycles. The molecule has 0 unspecified atom stereocenters. The Kier molecular flexibility index (Phi) is 5.08. The van der Waals surface area contributed by atoms with Gasteiger partial charge in [-0.15, -0.1) is 0 Å². The van der Waals surface area contributed by atoms with Crippen molar-refractivity contribution in [1.82, 2.24) is 0 Å². The smallest absolute Gasteiger partial charge is 0.339 e. The van der Waals surface area contributed by atoms with E-state index in [9.17, 15) is 14.0 Å². The number of amides is 1. The number of carbonyl (C=O) groups is 2. The molecule has 0 aliphatic heterocycles. The summed E-state index contributed by atoms with van der Waals surface area (Å²) < 4.78 is 17.7. The Balaban J connectivity index is 1.99. The maximum Gasteiger partial charge on any atom is 0.339 e. The van der Waals surface area contributed by atoms with Gasteiger partial charge >= 0.3 is 5.97 Å². The number of nitrogens with one attached hydrogen (secondary N) is 2. The monoisotopic (exact) mass is 302 g/mol. The van der Waals surface area contributed by atoms with Crippen LogP contribution in [0.15, 0.2) is 48.5 Å². The fraction of sp³-hybridized carbons (Fsp3) is 0.125. The standard InChI is InChI=1S/C16H15FN2O3/c1-22-16(21)13-7-2-3-8-14(13)19-15(20)10-18-12-6-4-5-11(17)9-12/h2-9,18H,10H2,1H3,(H,19,20). The summed E-state index contributed by atoms with van der Waals surface area (Å²) in [6.07, 6.45) is 0. The van der Waals surface area contributed by atoms with Crippen LogP contribution in [-0.4, -0.2) is 25.5 Å². The summed E-state index contributed by atoms with van der Waals surface area (Å²) in [5, 5.41) is 5.41. The normalized spacial score (nSPS) is 9.91. The first-order valence-corrected chi connectivity index (χ1v) is 6.57. The lowest BCUT2D eigenvalue weighted by atomic mass is 10.2. The fourth-order valence-corrected chi connectivity index (χ4v) is 1.86. The maximum absolute atomic E-state index is 13.0. The Hall–Kier alpha value is -2.89. The number of rotatable bonds is 5. The van der Waals surface area contributed by atoms with E-state index in [0.717, 1.165) is 0 Å². The van der Waals surface area contributed by atoms with Crippen LogP contribution in [0.25, 0.3) is 0 Å². The number of benzene rings is 2. The molecule has 5 nitrogen and oxygen atoms in total. The van der Waals surface area contributed by atoms with E-state index in [0.29, 0.717) is 11.4 Å². The largest absolute Gasteiger partial charge is 0.465 e. The predicted molar refractivity (Wildman–Crippen MR) is 81.3 cm³/mol. The molecule has 0 bridgehead atoms. The predicted octanol–water partition coefficient (Wildman–Crippen LogP) is 2.66. The second kappa shape index (κ2) is 7.21. The van der Waals surface area contributed by atoms with Gasteiger partial charge in [0.15, 0.2) is 0 Å². The lowest BCUT2D eigenvalue weighted by Gasteiger charge is -2.10. The Morgan fingerprint density at radius 2 is 1.91 bits per heavy atom. The Labute approximate surface area is 127 Å². The zero-order valence-electron chi connectivity index (χ0n) is 11.9. The molecule has 0 aliphatic carbocycles. The van der Waals surface area contributed by atoms with Gasteiger partial charge in [0, 0.05) is 5.69 Å². The van der Waals surface area contributed by atoms with Gasteiger partial charge in [0.1, 0.15) is 5.82 Å². The van der Waals surface area contributed by atoms with E-state index >= 15 is 0 Å². The van der Waals surface area contributed by atoms with Gasteiger partial charge in [-0.1, -0.05) is 18.2 Å². The number of esters is 1. The number of halogens is 1. The second-order valence-corrected chi connectivity index (χ2v) is 4.45. The molecule has 2 aromatic carbocycles. The molecule has 0 heterocycles. The second-order valence-electron chi connectivity index (χ2n) is 4.45. The van der Waals surface area contributed by atoms with E-state index in [1.165, 1.54) is 19.2 Å². The van der Waals surface area contributed by atoms with E-state index in [2.05, 4.69) is 15.4 Å². The zero-order valence-corrected chi connectivity index (χ0v) is 11.9. The number of carbonyl (C=O) groups excluding carboxylic acids is 2. The molecule has 1 amide bonds. The Morgan fingerprint density at radius 1 is 1.14 bits per heavy atom. The van der Waals surface area contributed by atoms with E-state index in [1.54, 1.807) is 36.4 Å². The molecule has 0 spiro atoms. The molecule has 2 aromatic rings. The van der Waals surface area contributed by atoms with Gasteiger partial charge in [-0.2, -0.15) is 0 Å². The van der Waals surface area contributed by atoms with Crippen molar-refractivity contribution in [3.05, 3.63) is 59.9 Å². The van der Waals surface area contributed by atoms with Gasteiger partial charge < -0.3 is 15.4 Å². The van der Waals surface area contributed by atoms with Gasteiger partial charge in [-0.25, -0.2) is 9.18 Å². The molecule has 114 valence electrons. The first kappa shape index (κ1) is 15.5. The van der Waals surface area contributed by atoms with Crippen LogP contribution in [0.1, 0.15) is 10.4 Å². The van der Waals surface area contributed by atoms with Crippen molar-refractivity contribution in [3.8, 4) is 0 Å². The summed E-state index contributed by atoms with van der Waals surface area (Å²) in [4.78, 5) is 23.5. The molecular formula is C16H15FN2O3. The highest BCUT2D eigenvalue weighted by atomic mass is 19.1. The fourth-order valence-electron chi connectivity index (χ4n) is 1.86. The quantitative estimate of drug-likeness (QED) is 0.833. The molecule has 0 saturated carbocycles. The van der Waals surface area contributed by atoms with Crippen molar-refractivity contribution < 1.29 is 18.7 Å². The zero-order chi connectivity index (χ0) is 15.9. The molecular weight excluding hydrogens is 287 g/mol.